The van der Waals surface area contributed by atoms with E-state index in [0.29, 0.717) is 0 Å². The molecule has 0 unspecified atom stereocenters. The molecule has 0 bridgehead atoms. The zero-order valence-corrected chi connectivity index (χ0v) is 19.2. The Labute approximate surface area is 206 Å². The first-order valence-electron chi connectivity index (χ1n) is 10.7. The van der Waals surface area contributed by atoms with Crippen LogP contribution in [0.4, 0.5) is 26.3 Å². The van der Waals surface area contributed by atoms with Gasteiger partial charge in [-0.3, -0.25) is 0 Å². The molecule has 0 saturated carbocycles. The lowest BCUT2D eigenvalue weighted by Crippen LogP contribution is -2.08. The number of fused-ring (bicyclic) bond motifs is 1. The highest BCUT2D eigenvalue weighted by atomic mass is 19.4. The summed E-state index contributed by atoms with van der Waals surface area (Å²) in [5.41, 5.74) is -3.29. The largest absolute Gasteiger partial charge is 0.507 e. The van der Waals surface area contributed by atoms with Gasteiger partial charge in [0.1, 0.15) is 11.3 Å². The van der Waals surface area contributed by atoms with E-state index in [2.05, 4.69) is 11.8 Å². The molecular weight excluding hydrogens is 500 g/mol. The van der Waals surface area contributed by atoms with Crippen molar-refractivity contribution >= 4 is 16.9 Å². The Hall–Kier alpha value is -4.39. The summed E-state index contributed by atoms with van der Waals surface area (Å²) in [5, 5.41) is 20.0. The maximum atomic E-state index is 13.9. The van der Waals surface area contributed by atoms with Crippen LogP contribution in [0.1, 0.15) is 38.2 Å². The predicted molar refractivity (Wildman–Crippen MR) is 124 cm³/mol. The number of benzene rings is 3. The molecule has 0 radical (unpaired) electrons. The first-order valence-corrected chi connectivity index (χ1v) is 10.7. The van der Waals surface area contributed by atoms with E-state index in [4.69, 9.17) is 0 Å². The number of carboxylic acids is 1. The number of hydrogen-bond donors (Lipinski definition) is 2. The zero-order valence-electron chi connectivity index (χ0n) is 19.2. The molecule has 3 aromatic carbocycles. The van der Waals surface area contributed by atoms with Gasteiger partial charge in [-0.25, -0.2) is 4.79 Å². The Morgan fingerprint density at radius 2 is 1.46 bits per heavy atom. The van der Waals surface area contributed by atoms with E-state index in [1.54, 1.807) is 0 Å². The Balaban J connectivity index is 2.17. The average Bonchev–Trinajstić information content (AvgIpc) is 3.08. The molecule has 0 aliphatic rings. The number of rotatable bonds is 2. The van der Waals surface area contributed by atoms with Crippen LogP contribution >= 0.6 is 0 Å². The van der Waals surface area contributed by atoms with E-state index < -0.39 is 46.3 Å². The van der Waals surface area contributed by atoms with Crippen LogP contribution in [0.3, 0.4) is 0 Å². The van der Waals surface area contributed by atoms with Crippen LogP contribution in [-0.2, 0) is 19.4 Å². The summed E-state index contributed by atoms with van der Waals surface area (Å²) in [7, 11) is 1.40. The Morgan fingerprint density at radius 1 is 0.892 bits per heavy atom. The van der Waals surface area contributed by atoms with Gasteiger partial charge in [0.05, 0.1) is 27.9 Å². The predicted octanol–water partition coefficient (Wildman–Crippen LogP) is 6.99. The second kappa shape index (κ2) is 8.92. The average molecular weight is 517 g/mol. The number of aromatic hydroxyl groups is 1. The van der Waals surface area contributed by atoms with Gasteiger partial charge >= 0.3 is 18.3 Å². The van der Waals surface area contributed by atoms with E-state index in [-0.39, 0.29) is 33.3 Å². The second-order valence-corrected chi connectivity index (χ2v) is 8.21. The minimum absolute atomic E-state index is 0.00208. The van der Waals surface area contributed by atoms with Crippen molar-refractivity contribution in [2.45, 2.75) is 19.3 Å². The number of alkyl halides is 6. The molecule has 4 rings (SSSR count). The van der Waals surface area contributed by atoms with Crippen molar-refractivity contribution in [1.82, 2.24) is 4.57 Å². The normalized spacial score (nSPS) is 11.9. The molecule has 1 aromatic heterocycles. The highest BCUT2D eigenvalue weighted by Gasteiger charge is 2.36. The molecule has 37 heavy (non-hydrogen) atoms. The van der Waals surface area contributed by atoms with E-state index in [1.165, 1.54) is 48.9 Å². The van der Waals surface area contributed by atoms with Gasteiger partial charge < -0.3 is 14.8 Å². The van der Waals surface area contributed by atoms with Gasteiger partial charge in [-0.05, 0) is 30.7 Å². The first-order chi connectivity index (χ1) is 17.2. The molecule has 4 aromatic rings. The van der Waals surface area contributed by atoms with Crippen LogP contribution in [0.25, 0.3) is 22.2 Å². The minimum atomic E-state index is -4.77. The van der Waals surface area contributed by atoms with Crippen LogP contribution in [0.5, 0.6) is 5.75 Å². The quantitative estimate of drug-likeness (QED) is 0.223. The molecule has 0 fully saturated rings. The molecule has 4 nitrogen and oxygen atoms in total. The molecular formula is C27H17F6NO3. The summed E-state index contributed by atoms with van der Waals surface area (Å²) >= 11 is 0. The number of aromatic carboxylic acids is 1. The zero-order chi connectivity index (χ0) is 27.3. The van der Waals surface area contributed by atoms with Gasteiger partial charge in [0.2, 0.25) is 0 Å². The van der Waals surface area contributed by atoms with Crippen molar-refractivity contribution in [3.63, 3.8) is 0 Å². The summed E-state index contributed by atoms with van der Waals surface area (Å²) in [6.07, 6.45) is -9.50. The van der Waals surface area contributed by atoms with Gasteiger partial charge in [0.15, 0.2) is 0 Å². The standard InChI is InChI=1S/C27H17F6NO3/c1-14-22-17(12-11-15-7-3-5-9-18(15)26(28,29)30)24(16-8-4-6-10-19(16)27(31,32)33)34(2)20(22)13-21(35)23(14)25(36)37/h3-10,13,35H,1-2H3,(H,36,37). The van der Waals surface area contributed by atoms with Crippen LogP contribution in [0.2, 0.25) is 0 Å². The van der Waals surface area contributed by atoms with Crippen LogP contribution in [-0.4, -0.2) is 20.7 Å². The maximum absolute atomic E-state index is 13.9. The second-order valence-electron chi connectivity index (χ2n) is 8.21. The van der Waals surface area contributed by atoms with Crippen molar-refractivity contribution in [2.24, 2.45) is 7.05 Å². The maximum Gasteiger partial charge on any atom is 0.417 e. The highest BCUT2D eigenvalue weighted by molar-refractivity contribution is 6.05. The summed E-state index contributed by atoms with van der Waals surface area (Å²) < 4.78 is 83.6. The summed E-state index contributed by atoms with van der Waals surface area (Å²) in [4.78, 5) is 11.8. The van der Waals surface area contributed by atoms with Crippen molar-refractivity contribution in [2.75, 3.05) is 0 Å². The fraction of sp³-hybridized carbons (Fsp3) is 0.148. The SMILES string of the molecule is Cc1c(C(=O)O)c(O)cc2c1c(C#Cc1ccccc1C(F)(F)F)c(-c1ccccc1C(F)(F)F)n2C. The number of carbonyl (C=O) groups is 1. The van der Waals surface area contributed by atoms with Crippen LogP contribution in [0.15, 0.2) is 54.6 Å². The number of halogens is 6. The lowest BCUT2D eigenvalue weighted by Gasteiger charge is -2.14. The Kier molecular flexibility index (Phi) is 6.20. The summed E-state index contributed by atoms with van der Waals surface area (Å²) in [5.74, 6) is 2.92. The van der Waals surface area contributed by atoms with Gasteiger partial charge in [-0.2, -0.15) is 26.3 Å². The fourth-order valence-corrected chi connectivity index (χ4v) is 4.38. The van der Waals surface area contributed by atoms with Crippen LogP contribution < -0.4 is 0 Å². The Bertz CT molecular complexity index is 1620. The molecule has 190 valence electrons. The van der Waals surface area contributed by atoms with Crippen molar-refractivity contribution < 1.29 is 41.4 Å². The molecule has 0 atom stereocenters. The third kappa shape index (κ3) is 4.48. The van der Waals surface area contributed by atoms with Crippen molar-refractivity contribution in [1.29, 1.82) is 0 Å². The topological polar surface area (TPSA) is 62.5 Å². The summed E-state index contributed by atoms with van der Waals surface area (Å²) in [6.45, 7) is 1.35. The van der Waals surface area contributed by atoms with Gasteiger partial charge in [-0.1, -0.05) is 42.2 Å². The fourth-order valence-electron chi connectivity index (χ4n) is 4.38. The molecule has 0 saturated heterocycles. The lowest BCUT2D eigenvalue weighted by molar-refractivity contribution is -0.138. The van der Waals surface area contributed by atoms with Gasteiger partial charge in [0.25, 0.3) is 0 Å². The molecule has 1 heterocycles. The van der Waals surface area contributed by atoms with Crippen molar-refractivity contribution in [3.8, 4) is 28.8 Å². The number of aryl methyl sites for hydroxylation is 2. The molecule has 0 spiro atoms. The number of nitrogens with zero attached hydrogens (tertiary/aromatic N) is 1. The Morgan fingerprint density at radius 3 is 2.05 bits per heavy atom. The third-order valence-electron chi connectivity index (χ3n) is 5.98. The van der Waals surface area contributed by atoms with E-state index in [1.807, 2.05) is 0 Å². The lowest BCUT2D eigenvalue weighted by atomic mass is 9.96. The number of aromatic nitrogens is 1. The van der Waals surface area contributed by atoms with Crippen LogP contribution in [0, 0.1) is 18.8 Å². The number of hydrogen-bond acceptors (Lipinski definition) is 2. The molecule has 10 heteroatoms. The minimum Gasteiger partial charge on any atom is -0.507 e. The van der Waals surface area contributed by atoms with Crippen molar-refractivity contribution in [3.05, 3.63) is 88.0 Å². The smallest absolute Gasteiger partial charge is 0.417 e. The third-order valence-corrected chi connectivity index (χ3v) is 5.98. The van der Waals surface area contributed by atoms with Gasteiger partial charge in [0, 0.05) is 29.6 Å². The summed E-state index contributed by atoms with van der Waals surface area (Å²) in [6, 6.07) is 10.2. The van der Waals surface area contributed by atoms with E-state index >= 15 is 0 Å². The molecule has 2 N–H and O–H groups in total. The number of phenols is 1. The highest BCUT2D eigenvalue weighted by Crippen LogP contribution is 2.43. The monoisotopic (exact) mass is 517 g/mol. The molecule has 0 aliphatic carbocycles. The molecule has 0 amide bonds. The number of carboxylic acid groups (broad SMARTS) is 1. The van der Waals surface area contributed by atoms with E-state index in [9.17, 15) is 41.4 Å². The van der Waals surface area contributed by atoms with Gasteiger partial charge in [-0.15, -0.1) is 0 Å². The van der Waals surface area contributed by atoms with E-state index in [0.717, 1.165) is 24.3 Å². The first kappa shape index (κ1) is 25.7. The molecule has 0 aliphatic heterocycles.